The Labute approximate surface area is 99.8 Å². The molecule has 0 radical (unpaired) electrons. The molecular formula is C7H2ClF2NaO2. The third kappa shape index (κ3) is 2.91. The molecule has 1 rings (SSSR count). The molecule has 0 saturated carbocycles. The number of rotatable bonds is 1. The van der Waals surface area contributed by atoms with Gasteiger partial charge in [-0.25, -0.2) is 8.78 Å². The summed E-state index contributed by atoms with van der Waals surface area (Å²) in [6.07, 6.45) is 0. The number of aromatic carboxylic acids is 1. The molecule has 0 fully saturated rings. The van der Waals surface area contributed by atoms with E-state index in [-0.39, 0.29) is 34.6 Å². The predicted molar refractivity (Wildman–Crippen MR) is 35.7 cm³/mol. The van der Waals surface area contributed by atoms with Gasteiger partial charge in [0.2, 0.25) is 0 Å². The Morgan fingerprint density at radius 3 is 2.38 bits per heavy atom. The molecule has 0 saturated heterocycles. The van der Waals surface area contributed by atoms with Gasteiger partial charge >= 0.3 is 29.6 Å². The Morgan fingerprint density at radius 2 is 1.92 bits per heavy atom. The number of carboxylic acids is 1. The fourth-order valence-corrected chi connectivity index (χ4v) is 0.909. The zero-order chi connectivity index (χ0) is 9.30. The largest absolute Gasteiger partial charge is 1.00 e. The summed E-state index contributed by atoms with van der Waals surface area (Å²) >= 11 is 5.27. The molecule has 0 aliphatic rings. The monoisotopic (exact) mass is 214 g/mol. The molecule has 0 aromatic heterocycles. The van der Waals surface area contributed by atoms with Crippen LogP contribution in [0.1, 0.15) is 10.4 Å². The third-order valence-electron chi connectivity index (χ3n) is 1.21. The van der Waals surface area contributed by atoms with Crippen molar-refractivity contribution >= 4 is 17.6 Å². The standard InChI is InChI=1S/C7H3ClF2O2.Na/c8-3-1-4(7(11)12)6(10)5(9)2-3;/h1-2H,(H,11,12);/q;+1/p-1. The summed E-state index contributed by atoms with van der Waals surface area (Å²) in [7, 11) is 0. The fraction of sp³-hybridized carbons (Fsp3) is 0. The van der Waals surface area contributed by atoms with Gasteiger partial charge in [0.15, 0.2) is 11.6 Å². The summed E-state index contributed by atoms with van der Waals surface area (Å²) < 4.78 is 25.0. The van der Waals surface area contributed by atoms with Crippen LogP contribution in [0.25, 0.3) is 0 Å². The van der Waals surface area contributed by atoms with Crippen LogP contribution in [0.15, 0.2) is 12.1 Å². The van der Waals surface area contributed by atoms with E-state index in [1.165, 1.54) is 0 Å². The molecule has 1 aromatic carbocycles. The van der Waals surface area contributed by atoms with Crippen molar-refractivity contribution in [3.8, 4) is 0 Å². The van der Waals surface area contributed by atoms with Crippen LogP contribution in [0, 0.1) is 11.6 Å². The van der Waals surface area contributed by atoms with Gasteiger partial charge < -0.3 is 9.90 Å². The van der Waals surface area contributed by atoms with E-state index in [2.05, 4.69) is 0 Å². The van der Waals surface area contributed by atoms with Crippen LogP contribution in [-0.2, 0) is 0 Å². The summed E-state index contributed by atoms with van der Waals surface area (Å²) in [5, 5.41) is 9.96. The van der Waals surface area contributed by atoms with Crippen molar-refractivity contribution in [1.29, 1.82) is 0 Å². The van der Waals surface area contributed by atoms with Crippen LogP contribution in [0.4, 0.5) is 8.78 Å². The molecule has 0 N–H and O–H groups in total. The molecule has 13 heavy (non-hydrogen) atoms. The molecule has 0 aliphatic heterocycles. The van der Waals surface area contributed by atoms with E-state index in [1.807, 2.05) is 0 Å². The summed E-state index contributed by atoms with van der Waals surface area (Å²) in [5.74, 6) is -4.56. The van der Waals surface area contributed by atoms with Gasteiger partial charge in [-0.15, -0.1) is 0 Å². The minimum Gasteiger partial charge on any atom is -0.545 e. The number of hydrogen-bond acceptors (Lipinski definition) is 2. The number of carbonyl (C=O) groups excluding carboxylic acids is 1. The van der Waals surface area contributed by atoms with Gasteiger partial charge in [-0.05, 0) is 12.1 Å². The van der Waals surface area contributed by atoms with Crippen LogP contribution in [0.3, 0.4) is 0 Å². The average Bonchev–Trinajstić information content (AvgIpc) is 1.96. The van der Waals surface area contributed by atoms with Crippen LogP contribution >= 0.6 is 11.6 Å². The van der Waals surface area contributed by atoms with Gasteiger partial charge in [0.25, 0.3) is 0 Å². The maximum absolute atomic E-state index is 12.6. The van der Waals surface area contributed by atoms with Crippen molar-refractivity contribution in [2.24, 2.45) is 0 Å². The van der Waals surface area contributed by atoms with E-state index in [0.29, 0.717) is 6.07 Å². The number of carboxylic acid groups (broad SMARTS) is 1. The molecule has 0 heterocycles. The summed E-state index contributed by atoms with van der Waals surface area (Å²) in [5.41, 5.74) is -0.875. The second-order valence-electron chi connectivity index (χ2n) is 2.04. The summed E-state index contributed by atoms with van der Waals surface area (Å²) in [6.45, 7) is 0. The Hall–Kier alpha value is -0.160. The SMILES string of the molecule is O=C([O-])c1cc(Cl)cc(F)c1F.[Na+]. The second kappa shape index (κ2) is 4.91. The van der Waals surface area contributed by atoms with Crippen molar-refractivity contribution in [2.75, 3.05) is 0 Å². The zero-order valence-corrected chi connectivity index (χ0v) is 9.36. The van der Waals surface area contributed by atoms with Crippen molar-refractivity contribution in [3.05, 3.63) is 34.4 Å². The number of carbonyl (C=O) groups is 1. The Morgan fingerprint density at radius 1 is 1.38 bits per heavy atom. The van der Waals surface area contributed by atoms with E-state index in [1.54, 1.807) is 0 Å². The fourth-order valence-electron chi connectivity index (χ4n) is 0.705. The van der Waals surface area contributed by atoms with Gasteiger partial charge in [0, 0.05) is 10.6 Å². The number of halogens is 3. The first kappa shape index (κ1) is 12.8. The van der Waals surface area contributed by atoms with Crippen molar-refractivity contribution < 1.29 is 48.2 Å². The van der Waals surface area contributed by atoms with E-state index in [4.69, 9.17) is 11.6 Å². The molecule has 0 spiro atoms. The zero-order valence-electron chi connectivity index (χ0n) is 6.61. The first-order valence-corrected chi connectivity index (χ1v) is 3.26. The minimum atomic E-state index is -1.80. The predicted octanol–water partition coefficient (Wildman–Crippen LogP) is -2.01. The quantitative estimate of drug-likeness (QED) is 0.400. The maximum Gasteiger partial charge on any atom is 1.00 e. The molecule has 0 atom stereocenters. The van der Waals surface area contributed by atoms with Crippen LogP contribution in [0.5, 0.6) is 0 Å². The van der Waals surface area contributed by atoms with Crippen molar-refractivity contribution in [2.45, 2.75) is 0 Å². The molecule has 0 amide bonds. The molecule has 0 bridgehead atoms. The molecule has 6 heteroatoms. The minimum absolute atomic E-state index is 0. The smallest absolute Gasteiger partial charge is 0.545 e. The van der Waals surface area contributed by atoms with E-state index in [0.717, 1.165) is 6.07 Å². The molecule has 0 unspecified atom stereocenters. The maximum atomic E-state index is 12.6. The summed E-state index contributed by atoms with van der Waals surface area (Å²) in [4.78, 5) is 10.1. The number of benzene rings is 1. The Kier molecular flexibility index (Phi) is 4.85. The first-order chi connectivity index (χ1) is 5.52. The van der Waals surface area contributed by atoms with Crippen molar-refractivity contribution in [1.82, 2.24) is 0 Å². The Balaban J connectivity index is 0.00000144. The van der Waals surface area contributed by atoms with Gasteiger partial charge in [-0.3, -0.25) is 0 Å². The van der Waals surface area contributed by atoms with Crippen LogP contribution < -0.4 is 34.7 Å². The van der Waals surface area contributed by atoms with E-state index < -0.39 is 23.2 Å². The van der Waals surface area contributed by atoms with Gasteiger partial charge in [-0.2, -0.15) is 0 Å². The first-order valence-electron chi connectivity index (χ1n) is 2.88. The molecular weight excluding hydrogens is 213 g/mol. The summed E-state index contributed by atoms with van der Waals surface area (Å²) in [6, 6.07) is 1.47. The van der Waals surface area contributed by atoms with Crippen molar-refractivity contribution in [3.63, 3.8) is 0 Å². The van der Waals surface area contributed by atoms with Crippen LogP contribution in [-0.4, -0.2) is 5.97 Å². The van der Waals surface area contributed by atoms with E-state index in [9.17, 15) is 18.7 Å². The van der Waals surface area contributed by atoms with Gasteiger partial charge in [0.1, 0.15) is 0 Å². The van der Waals surface area contributed by atoms with Crippen LogP contribution in [0.2, 0.25) is 5.02 Å². The molecule has 0 aliphatic carbocycles. The average molecular weight is 215 g/mol. The third-order valence-corrected chi connectivity index (χ3v) is 1.43. The second-order valence-corrected chi connectivity index (χ2v) is 2.47. The Bertz CT molecular complexity index is 344. The normalized spacial score (nSPS) is 9.15. The van der Waals surface area contributed by atoms with E-state index >= 15 is 0 Å². The van der Waals surface area contributed by atoms with Gasteiger partial charge in [0.05, 0.1) is 5.97 Å². The van der Waals surface area contributed by atoms with Gasteiger partial charge in [-0.1, -0.05) is 11.6 Å². The number of hydrogen-bond donors (Lipinski definition) is 0. The topological polar surface area (TPSA) is 40.1 Å². The molecule has 1 aromatic rings. The molecule has 2 nitrogen and oxygen atoms in total. The molecule has 64 valence electrons.